The average Bonchev–Trinajstić information content (AvgIpc) is 2.14. The van der Waals surface area contributed by atoms with Crippen LogP contribution in [-0.4, -0.2) is 11.5 Å². The van der Waals surface area contributed by atoms with E-state index < -0.39 is 0 Å². The zero-order chi connectivity index (χ0) is 11.3. The molecule has 1 nitrogen and oxygen atoms in total. The fourth-order valence-corrected chi connectivity index (χ4v) is 1.91. The Labute approximate surface area is 93.4 Å². The van der Waals surface area contributed by atoms with Crippen molar-refractivity contribution in [3.63, 3.8) is 0 Å². The van der Waals surface area contributed by atoms with Crippen LogP contribution in [0.5, 0.6) is 0 Å². The molecule has 0 amide bonds. The van der Waals surface area contributed by atoms with Crippen LogP contribution in [0, 0.1) is 5.82 Å². The standard InChI is InChI=1S/C12H13FOS/c1-9(2)6-11(14)8-15-12-5-3-4-10(13)7-12/h3-5,7H,1,6,8H2,2H3. The maximum atomic E-state index is 12.8. The molecule has 0 bridgehead atoms. The van der Waals surface area contributed by atoms with Crippen molar-refractivity contribution in [1.82, 2.24) is 0 Å². The predicted octanol–water partition coefficient (Wildman–Crippen LogP) is 3.45. The molecule has 0 radical (unpaired) electrons. The summed E-state index contributed by atoms with van der Waals surface area (Å²) in [6, 6.07) is 6.25. The van der Waals surface area contributed by atoms with Gasteiger partial charge in [-0.2, -0.15) is 0 Å². The summed E-state index contributed by atoms with van der Waals surface area (Å²) in [5.41, 5.74) is 0.861. The number of ketones is 1. The minimum atomic E-state index is -0.271. The van der Waals surface area contributed by atoms with Crippen LogP contribution in [0.2, 0.25) is 0 Å². The molecule has 0 saturated carbocycles. The van der Waals surface area contributed by atoms with Gasteiger partial charge in [0.1, 0.15) is 11.6 Å². The third-order valence-electron chi connectivity index (χ3n) is 1.69. The van der Waals surface area contributed by atoms with E-state index >= 15 is 0 Å². The second kappa shape index (κ2) is 5.71. The molecule has 0 atom stereocenters. The normalized spacial score (nSPS) is 10.0. The highest BCUT2D eigenvalue weighted by Crippen LogP contribution is 2.19. The first-order chi connectivity index (χ1) is 7.08. The van der Waals surface area contributed by atoms with Gasteiger partial charge in [-0.25, -0.2) is 4.39 Å². The fraction of sp³-hybridized carbons (Fsp3) is 0.250. The van der Waals surface area contributed by atoms with Crippen LogP contribution < -0.4 is 0 Å². The Morgan fingerprint density at radius 2 is 2.27 bits per heavy atom. The van der Waals surface area contributed by atoms with E-state index in [9.17, 15) is 9.18 Å². The highest BCUT2D eigenvalue weighted by atomic mass is 32.2. The summed E-state index contributed by atoms with van der Waals surface area (Å²) < 4.78 is 12.8. The van der Waals surface area contributed by atoms with Crippen LogP contribution >= 0.6 is 11.8 Å². The molecule has 0 aliphatic rings. The van der Waals surface area contributed by atoms with E-state index in [2.05, 4.69) is 6.58 Å². The lowest BCUT2D eigenvalue weighted by atomic mass is 10.2. The number of hydrogen-bond acceptors (Lipinski definition) is 2. The average molecular weight is 224 g/mol. The summed E-state index contributed by atoms with van der Waals surface area (Å²) in [6.07, 6.45) is 0.405. The van der Waals surface area contributed by atoms with Gasteiger partial charge in [-0.1, -0.05) is 18.2 Å². The largest absolute Gasteiger partial charge is 0.298 e. The summed E-state index contributed by atoms with van der Waals surface area (Å²) in [6.45, 7) is 5.50. The molecule has 0 aliphatic heterocycles. The first-order valence-electron chi connectivity index (χ1n) is 4.62. The molecule has 0 fully saturated rings. The highest BCUT2D eigenvalue weighted by molar-refractivity contribution is 8.00. The summed E-state index contributed by atoms with van der Waals surface area (Å²) in [5, 5.41) is 0. The Balaban J connectivity index is 2.43. The van der Waals surface area contributed by atoms with Gasteiger partial charge in [-0.05, 0) is 25.1 Å². The van der Waals surface area contributed by atoms with Gasteiger partial charge in [0, 0.05) is 11.3 Å². The second-order valence-corrected chi connectivity index (χ2v) is 4.47. The van der Waals surface area contributed by atoms with E-state index in [0.29, 0.717) is 12.2 Å². The number of hydrogen-bond donors (Lipinski definition) is 0. The smallest absolute Gasteiger partial charge is 0.147 e. The van der Waals surface area contributed by atoms with Gasteiger partial charge in [0.15, 0.2) is 0 Å². The van der Waals surface area contributed by atoms with Crippen LogP contribution in [0.1, 0.15) is 13.3 Å². The minimum Gasteiger partial charge on any atom is -0.298 e. The lowest BCUT2D eigenvalue weighted by Crippen LogP contribution is -2.01. The molecular weight excluding hydrogens is 211 g/mol. The van der Waals surface area contributed by atoms with Crippen molar-refractivity contribution in [3.05, 3.63) is 42.2 Å². The van der Waals surface area contributed by atoms with E-state index in [4.69, 9.17) is 0 Å². The van der Waals surface area contributed by atoms with Gasteiger partial charge in [0.2, 0.25) is 0 Å². The summed E-state index contributed by atoms with van der Waals surface area (Å²) in [7, 11) is 0. The van der Waals surface area contributed by atoms with E-state index in [-0.39, 0.29) is 11.6 Å². The van der Waals surface area contributed by atoms with Crippen molar-refractivity contribution >= 4 is 17.5 Å². The first kappa shape index (κ1) is 12.0. The van der Waals surface area contributed by atoms with Crippen molar-refractivity contribution in [2.75, 3.05) is 5.75 Å². The maximum Gasteiger partial charge on any atom is 0.147 e. The zero-order valence-corrected chi connectivity index (χ0v) is 9.44. The van der Waals surface area contributed by atoms with Crippen LogP contribution in [0.4, 0.5) is 4.39 Å². The molecule has 1 rings (SSSR count). The molecule has 0 N–H and O–H groups in total. The molecule has 3 heteroatoms. The molecule has 0 aromatic heterocycles. The van der Waals surface area contributed by atoms with Gasteiger partial charge >= 0.3 is 0 Å². The van der Waals surface area contributed by atoms with Crippen molar-refractivity contribution in [2.24, 2.45) is 0 Å². The molecule has 15 heavy (non-hydrogen) atoms. The molecule has 1 aromatic carbocycles. The van der Waals surface area contributed by atoms with Crippen LogP contribution in [0.25, 0.3) is 0 Å². The molecule has 80 valence electrons. The number of thioether (sulfide) groups is 1. The summed E-state index contributed by atoms with van der Waals surface area (Å²) >= 11 is 1.35. The Morgan fingerprint density at radius 3 is 2.87 bits per heavy atom. The molecule has 1 aromatic rings. The molecule has 0 spiro atoms. The van der Waals surface area contributed by atoms with E-state index in [1.54, 1.807) is 12.1 Å². The van der Waals surface area contributed by atoms with Crippen LogP contribution in [-0.2, 0) is 4.79 Å². The Kier molecular flexibility index (Phi) is 4.56. The molecule has 0 saturated heterocycles. The number of benzene rings is 1. The Morgan fingerprint density at radius 1 is 1.53 bits per heavy atom. The third-order valence-corrected chi connectivity index (χ3v) is 2.75. The second-order valence-electron chi connectivity index (χ2n) is 3.42. The van der Waals surface area contributed by atoms with Crippen molar-refractivity contribution in [1.29, 1.82) is 0 Å². The fourth-order valence-electron chi connectivity index (χ4n) is 1.11. The molecule has 0 aliphatic carbocycles. The number of carbonyl (C=O) groups excluding carboxylic acids is 1. The van der Waals surface area contributed by atoms with E-state index in [1.165, 1.54) is 23.9 Å². The lowest BCUT2D eigenvalue weighted by molar-refractivity contribution is -0.115. The monoisotopic (exact) mass is 224 g/mol. The topological polar surface area (TPSA) is 17.1 Å². The zero-order valence-electron chi connectivity index (χ0n) is 8.63. The Hall–Kier alpha value is -1.09. The quantitative estimate of drug-likeness (QED) is 0.563. The van der Waals surface area contributed by atoms with Crippen LogP contribution in [0.3, 0.4) is 0 Å². The van der Waals surface area contributed by atoms with Crippen molar-refractivity contribution in [2.45, 2.75) is 18.2 Å². The first-order valence-corrected chi connectivity index (χ1v) is 5.61. The van der Waals surface area contributed by atoms with Crippen molar-refractivity contribution < 1.29 is 9.18 Å². The van der Waals surface area contributed by atoms with Crippen LogP contribution in [0.15, 0.2) is 41.3 Å². The van der Waals surface area contributed by atoms with Gasteiger partial charge in [-0.15, -0.1) is 11.8 Å². The van der Waals surface area contributed by atoms with E-state index in [0.717, 1.165) is 10.5 Å². The lowest BCUT2D eigenvalue weighted by Gasteiger charge is -2.01. The number of Topliss-reactive ketones (excluding diaryl/α,β-unsaturated/α-hetero) is 1. The van der Waals surface area contributed by atoms with Gasteiger partial charge < -0.3 is 0 Å². The van der Waals surface area contributed by atoms with E-state index in [1.807, 2.05) is 6.92 Å². The molecule has 0 unspecified atom stereocenters. The van der Waals surface area contributed by atoms with Gasteiger partial charge in [0.25, 0.3) is 0 Å². The van der Waals surface area contributed by atoms with Gasteiger partial charge in [-0.3, -0.25) is 4.79 Å². The third kappa shape index (κ3) is 4.79. The predicted molar refractivity (Wildman–Crippen MR) is 61.6 cm³/mol. The maximum absolute atomic E-state index is 12.8. The molecular formula is C12H13FOS. The molecule has 0 heterocycles. The summed E-state index contributed by atoms with van der Waals surface area (Å²) in [4.78, 5) is 12.1. The van der Waals surface area contributed by atoms with Gasteiger partial charge in [0.05, 0.1) is 5.75 Å². The minimum absolute atomic E-state index is 0.122. The number of allylic oxidation sites excluding steroid dienone is 1. The SMILES string of the molecule is C=C(C)CC(=O)CSc1cccc(F)c1. The number of carbonyl (C=O) groups is 1. The Bertz CT molecular complexity index is 374. The van der Waals surface area contributed by atoms with Crippen molar-refractivity contribution in [3.8, 4) is 0 Å². The highest BCUT2D eigenvalue weighted by Gasteiger charge is 2.03. The summed E-state index contributed by atoms with van der Waals surface area (Å²) in [5.74, 6) is 0.222. The number of rotatable bonds is 5. The number of halogens is 1.